The Morgan fingerprint density at radius 2 is 2.00 bits per heavy atom. The first kappa shape index (κ1) is 22.3. The lowest BCUT2D eigenvalue weighted by Crippen LogP contribution is -2.39. The van der Waals surface area contributed by atoms with Gasteiger partial charge < -0.3 is 5.32 Å². The van der Waals surface area contributed by atoms with E-state index in [1.165, 1.54) is 22.0 Å². The van der Waals surface area contributed by atoms with E-state index in [1.807, 2.05) is 37.6 Å². The van der Waals surface area contributed by atoms with Crippen molar-refractivity contribution in [2.75, 3.05) is 6.54 Å². The maximum atomic E-state index is 12.9. The Bertz CT molecular complexity index is 990. The lowest BCUT2D eigenvalue weighted by Gasteiger charge is -2.13. The van der Waals surface area contributed by atoms with Crippen molar-refractivity contribution in [1.82, 2.24) is 9.88 Å². The molecule has 2 aromatic heterocycles. The van der Waals surface area contributed by atoms with E-state index in [4.69, 9.17) is 0 Å². The van der Waals surface area contributed by atoms with E-state index in [1.54, 1.807) is 17.4 Å². The second kappa shape index (κ2) is 9.47. The van der Waals surface area contributed by atoms with Crippen molar-refractivity contribution >= 4 is 46.5 Å². The molecule has 0 spiro atoms. The van der Waals surface area contributed by atoms with Gasteiger partial charge in [-0.05, 0) is 40.8 Å². The molecule has 0 unspecified atom stereocenters. The lowest BCUT2D eigenvalue weighted by molar-refractivity contribution is -0.122. The maximum Gasteiger partial charge on any atom is 0.269 e. The van der Waals surface area contributed by atoms with Gasteiger partial charge in [0, 0.05) is 18.0 Å². The number of hydrogen-bond donors (Lipinski definition) is 1. The van der Waals surface area contributed by atoms with Crippen LogP contribution in [0, 0.1) is 11.3 Å². The first-order chi connectivity index (χ1) is 13.1. The minimum absolute atomic E-state index is 0.0789. The molecule has 0 fully saturated rings. The summed E-state index contributed by atoms with van der Waals surface area (Å²) in [6.07, 6.45) is 4.16. The molecule has 0 aromatic carbocycles. The number of Topliss-reactive ketones (excluding diaryl/α,β-unsaturated/α-hetero) is 1. The van der Waals surface area contributed by atoms with Crippen LogP contribution in [0.5, 0.6) is 0 Å². The number of carbonyl (C=O) groups excluding carboxylic acids is 2. The van der Waals surface area contributed by atoms with E-state index < -0.39 is 5.41 Å². The fraction of sp³-hybridized carbons (Fsp3) is 0.476. The van der Waals surface area contributed by atoms with Gasteiger partial charge in [-0.1, -0.05) is 34.6 Å². The summed E-state index contributed by atoms with van der Waals surface area (Å²) in [4.78, 5) is 37.7. The number of aromatic nitrogens is 1. The van der Waals surface area contributed by atoms with Crippen molar-refractivity contribution in [1.29, 1.82) is 0 Å². The summed E-state index contributed by atoms with van der Waals surface area (Å²) in [5.74, 6) is 0.189. The monoisotopic (exact) mass is 420 g/mol. The predicted molar refractivity (Wildman–Crippen MR) is 117 cm³/mol. The summed E-state index contributed by atoms with van der Waals surface area (Å²) in [7, 11) is 0. The van der Waals surface area contributed by atoms with Gasteiger partial charge in [0.05, 0.1) is 4.53 Å². The van der Waals surface area contributed by atoms with Crippen LogP contribution in [0.15, 0.2) is 21.6 Å². The van der Waals surface area contributed by atoms with Gasteiger partial charge in [-0.2, -0.15) is 11.3 Å². The quantitative estimate of drug-likeness (QED) is 0.748. The number of nitrogens with zero attached hydrogens (tertiary/aromatic N) is 1. The van der Waals surface area contributed by atoms with Crippen LogP contribution in [0.3, 0.4) is 0 Å². The Labute approximate surface area is 173 Å². The smallest absolute Gasteiger partial charge is 0.269 e. The van der Waals surface area contributed by atoms with Crippen molar-refractivity contribution in [2.24, 2.45) is 11.3 Å². The molecule has 0 bridgehead atoms. The molecule has 2 heterocycles. The van der Waals surface area contributed by atoms with Crippen LogP contribution in [-0.4, -0.2) is 22.8 Å². The van der Waals surface area contributed by atoms with Crippen LogP contribution in [0.25, 0.3) is 12.2 Å². The van der Waals surface area contributed by atoms with Crippen molar-refractivity contribution in [3.8, 4) is 0 Å². The second-order valence-electron chi connectivity index (χ2n) is 8.19. The summed E-state index contributed by atoms with van der Waals surface area (Å²) >= 11 is 2.79. The molecule has 152 valence electrons. The first-order valence-corrected chi connectivity index (χ1v) is 11.1. The normalized spacial score (nSPS) is 13.4. The average molecular weight is 421 g/mol. The number of thiazole rings is 1. The molecule has 0 aliphatic carbocycles. The van der Waals surface area contributed by atoms with Gasteiger partial charge in [0.15, 0.2) is 5.78 Å². The minimum atomic E-state index is -0.554. The zero-order chi connectivity index (χ0) is 20.9. The highest BCUT2D eigenvalue weighted by atomic mass is 32.1. The molecule has 2 rings (SSSR count). The Morgan fingerprint density at radius 3 is 2.57 bits per heavy atom. The maximum absolute atomic E-state index is 12.9. The van der Waals surface area contributed by atoms with Crippen LogP contribution < -0.4 is 20.1 Å². The van der Waals surface area contributed by atoms with Gasteiger partial charge in [0.25, 0.3) is 5.56 Å². The molecule has 0 aliphatic rings. The summed E-state index contributed by atoms with van der Waals surface area (Å²) < 4.78 is 2.42. The van der Waals surface area contributed by atoms with E-state index in [0.29, 0.717) is 21.7 Å². The molecule has 0 saturated heterocycles. The van der Waals surface area contributed by atoms with Crippen molar-refractivity contribution < 1.29 is 9.59 Å². The van der Waals surface area contributed by atoms with Crippen LogP contribution in [-0.2, 0) is 16.1 Å². The average Bonchev–Trinajstić information content (AvgIpc) is 3.18. The molecule has 0 saturated carbocycles. The molecule has 1 amide bonds. The highest BCUT2D eigenvalue weighted by molar-refractivity contribution is 7.08. The predicted octanol–water partition coefficient (Wildman–Crippen LogP) is 2.36. The van der Waals surface area contributed by atoms with Gasteiger partial charge in [0.2, 0.25) is 5.91 Å². The third-order valence-electron chi connectivity index (χ3n) is 4.12. The number of hydrogen-bond acceptors (Lipinski definition) is 5. The Balaban J connectivity index is 2.43. The van der Waals surface area contributed by atoms with Crippen molar-refractivity contribution in [2.45, 2.75) is 47.6 Å². The third kappa shape index (κ3) is 6.27. The van der Waals surface area contributed by atoms with Crippen LogP contribution in [0.4, 0.5) is 0 Å². The molecule has 28 heavy (non-hydrogen) atoms. The molecule has 0 aliphatic heterocycles. The zero-order valence-electron chi connectivity index (χ0n) is 17.1. The highest BCUT2D eigenvalue weighted by Crippen LogP contribution is 2.14. The van der Waals surface area contributed by atoms with E-state index in [-0.39, 0.29) is 23.8 Å². The highest BCUT2D eigenvalue weighted by Gasteiger charge is 2.20. The van der Waals surface area contributed by atoms with Gasteiger partial charge in [-0.15, -0.1) is 11.3 Å². The molecule has 2 aromatic rings. The van der Waals surface area contributed by atoms with Crippen LogP contribution in [0.1, 0.15) is 46.6 Å². The number of rotatable bonds is 7. The third-order valence-corrected chi connectivity index (χ3v) is 5.88. The molecular formula is C21H28N2O3S2. The van der Waals surface area contributed by atoms with E-state index >= 15 is 0 Å². The van der Waals surface area contributed by atoms with E-state index in [9.17, 15) is 14.4 Å². The fourth-order valence-electron chi connectivity index (χ4n) is 2.33. The largest absolute Gasteiger partial charge is 0.355 e. The number of ketones is 1. The number of carbonyl (C=O) groups is 2. The number of nitrogens with one attached hydrogen (secondary N) is 1. The topological polar surface area (TPSA) is 68.2 Å². The molecule has 1 N–H and O–H groups in total. The van der Waals surface area contributed by atoms with Crippen molar-refractivity contribution in [3.05, 3.63) is 41.9 Å². The number of amides is 1. The second-order valence-corrected chi connectivity index (χ2v) is 10.0. The summed E-state index contributed by atoms with van der Waals surface area (Å²) in [5, 5.41) is 6.74. The van der Waals surface area contributed by atoms with E-state index in [2.05, 4.69) is 19.2 Å². The molecular weight excluding hydrogens is 392 g/mol. The SMILES string of the molecule is CC(C)CCNC(=O)Cn1c(=O)/c(=C\c2ccsc2)s/c1=C\C(=O)C(C)(C)C. The lowest BCUT2D eigenvalue weighted by atomic mass is 9.91. The van der Waals surface area contributed by atoms with Gasteiger partial charge in [-0.25, -0.2) is 0 Å². The summed E-state index contributed by atoms with van der Waals surface area (Å²) in [5.41, 5.74) is 0.135. The standard InChI is InChI=1S/C21H28N2O3S2/c1-14(2)6-8-22-18(25)12-23-19(11-17(24)21(3,4)5)28-16(20(23)26)10-15-7-9-27-13-15/h7,9-11,13-14H,6,8,12H2,1-5H3,(H,22,25)/b16-10+,19-11-. The summed E-state index contributed by atoms with van der Waals surface area (Å²) in [6.45, 7) is 10.2. The molecule has 7 heteroatoms. The van der Waals surface area contributed by atoms with E-state index in [0.717, 1.165) is 12.0 Å². The Hall–Kier alpha value is -1.99. The zero-order valence-corrected chi connectivity index (χ0v) is 18.7. The molecule has 0 atom stereocenters. The van der Waals surface area contributed by atoms with Crippen LogP contribution in [0.2, 0.25) is 0 Å². The van der Waals surface area contributed by atoms with Gasteiger partial charge in [0.1, 0.15) is 11.2 Å². The fourth-order valence-corrected chi connectivity index (χ4v) is 3.99. The van der Waals surface area contributed by atoms with Gasteiger partial charge in [-0.3, -0.25) is 19.0 Å². The molecule has 0 radical (unpaired) electrons. The van der Waals surface area contributed by atoms with Crippen LogP contribution >= 0.6 is 22.7 Å². The Morgan fingerprint density at radius 1 is 1.29 bits per heavy atom. The summed E-state index contributed by atoms with van der Waals surface area (Å²) in [6, 6.07) is 1.93. The number of thiophene rings is 1. The Kier molecular flexibility index (Phi) is 7.55. The minimum Gasteiger partial charge on any atom is -0.355 e. The molecule has 5 nitrogen and oxygen atoms in total. The van der Waals surface area contributed by atoms with Crippen molar-refractivity contribution in [3.63, 3.8) is 0 Å². The van der Waals surface area contributed by atoms with Gasteiger partial charge >= 0.3 is 0 Å². The first-order valence-electron chi connectivity index (χ1n) is 9.34.